The van der Waals surface area contributed by atoms with Gasteiger partial charge in [0.05, 0.1) is 12.0 Å². The number of fused-ring (bicyclic) bond motifs is 1. The second kappa shape index (κ2) is 10.5. The Morgan fingerprint density at radius 1 is 1.06 bits per heavy atom. The Morgan fingerprint density at radius 2 is 1.79 bits per heavy atom. The normalized spacial score (nSPS) is 16.3. The van der Waals surface area contributed by atoms with Crippen LogP contribution in [0.2, 0.25) is 0 Å². The van der Waals surface area contributed by atoms with Crippen molar-refractivity contribution in [3.05, 3.63) is 51.4 Å². The molecule has 2 aromatic rings. The maximum Gasteiger partial charge on any atom is 0.251 e. The lowest BCUT2D eigenvalue weighted by Gasteiger charge is -2.34. The zero-order valence-electron chi connectivity index (χ0n) is 19.2. The highest BCUT2D eigenvalue weighted by molar-refractivity contribution is 7.17. The van der Waals surface area contributed by atoms with Gasteiger partial charge >= 0.3 is 0 Å². The van der Waals surface area contributed by atoms with Crippen LogP contribution in [0.4, 0.5) is 5.00 Å². The summed E-state index contributed by atoms with van der Waals surface area (Å²) in [5.74, 6) is -0.410. The summed E-state index contributed by atoms with van der Waals surface area (Å²) >= 11 is 1.49. The monoisotopic (exact) mass is 468 g/mol. The van der Waals surface area contributed by atoms with Gasteiger partial charge in [0.25, 0.3) is 5.91 Å². The number of hydrogen-bond acceptors (Lipinski definition) is 5. The molecular formula is C25H32N4O3S. The molecular weight excluding hydrogens is 436 g/mol. The molecule has 1 aromatic heterocycles. The van der Waals surface area contributed by atoms with Crippen LogP contribution in [-0.2, 0) is 28.9 Å². The summed E-state index contributed by atoms with van der Waals surface area (Å²) < 4.78 is 0. The van der Waals surface area contributed by atoms with Gasteiger partial charge in [0.2, 0.25) is 11.8 Å². The van der Waals surface area contributed by atoms with Crippen LogP contribution in [-0.4, -0.2) is 60.2 Å². The standard InChI is InChI=1S/C25H32N4O3S/c1-17-6-2-3-7-18(17)16-22(31)29-14-12-28(13-15-29)11-10-21(30)27-25-23(24(26)32)19-8-4-5-9-20(19)33-25/h2-3,6-7H,4-5,8-16H2,1H3,(H2,26,32)(H,27,30). The van der Waals surface area contributed by atoms with E-state index in [1.54, 1.807) is 0 Å². The lowest BCUT2D eigenvalue weighted by molar-refractivity contribution is -0.132. The Labute approximate surface area is 198 Å². The third kappa shape index (κ3) is 5.62. The van der Waals surface area contributed by atoms with E-state index in [0.717, 1.165) is 55.5 Å². The summed E-state index contributed by atoms with van der Waals surface area (Å²) in [5, 5.41) is 3.54. The number of hydrogen-bond donors (Lipinski definition) is 2. The van der Waals surface area contributed by atoms with Gasteiger partial charge in [-0.2, -0.15) is 0 Å². The Bertz CT molecular complexity index is 1040. The summed E-state index contributed by atoms with van der Waals surface area (Å²) in [4.78, 5) is 42.6. The number of anilines is 1. The van der Waals surface area contributed by atoms with Crippen molar-refractivity contribution in [3.8, 4) is 0 Å². The number of thiophene rings is 1. The minimum absolute atomic E-state index is 0.103. The van der Waals surface area contributed by atoms with Crippen molar-refractivity contribution >= 4 is 34.1 Å². The summed E-state index contributed by atoms with van der Waals surface area (Å²) in [6.45, 7) is 5.52. The highest BCUT2D eigenvalue weighted by Gasteiger charge is 2.26. The van der Waals surface area contributed by atoms with Crippen LogP contribution in [0.25, 0.3) is 0 Å². The predicted molar refractivity (Wildman–Crippen MR) is 131 cm³/mol. The van der Waals surface area contributed by atoms with E-state index in [-0.39, 0.29) is 11.8 Å². The largest absolute Gasteiger partial charge is 0.365 e. The molecule has 0 spiro atoms. The fourth-order valence-corrected chi connectivity index (χ4v) is 5.98. The molecule has 1 aromatic carbocycles. The molecule has 1 aliphatic heterocycles. The van der Waals surface area contributed by atoms with E-state index < -0.39 is 5.91 Å². The van der Waals surface area contributed by atoms with Crippen LogP contribution in [0.3, 0.4) is 0 Å². The van der Waals surface area contributed by atoms with Gasteiger partial charge < -0.3 is 16.0 Å². The zero-order chi connectivity index (χ0) is 23.4. The van der Waals surface area contributed by atoms with Gasteiger partial charge in [-0.1, -0.05) is 24.3 Å². The molecule has 0 radical (unpaired) electrons. The van der Waals surface area contributed by atoms with Crippen molar-refractivity contribution in [1.82, 2.24) is 9.80 Å². The minimum atomic E-state index is -0.462. The Morgan fingerprint density at radius 3 is 2.52 bits per heavy atom. The highest BCUT2D eigenvalue weighted by Crippen LogP contribution is 2.37. The second-order valence-electron chi connectivity index (χ2n) is 8.90. The molecule has 8 heteroatoms. The zero-order valence-corrected chi connectivity index (χ0v) is 20.0. The number of rotatable bonds is 7. The van der Waals surface area contributed by atoms with Crippen molar-refractivity contribution in [2.45, 2.75) is 45.4 Å². The number of nitrogens with zero attached hydrogens (tertiary/aromatic N) is 2. The Kier molecular flexibility index (Phi) is 7.45. The minimum Gasteiger partial charge on any atom is -0.365 e. The van der Waals surface area contributed by atoms with Gasteiger partial charge in [0.1, 0.15) is 5.00 Å². The average Bonchev–Trinajstić information content (AvgIpc) is 3.17. The molecule has 1 saturated heterocycles. The average molecular weight is 469 g/mol. The van der Waals surface area contributed by atoms with E-state index in [9.17, 15) is 14.4 Å². The third-order valence-electron chi connectivity index (χ3n) is 6.65. The van der Waals surface area contributed by atoms with E-state index in [1.165, 1.54) is 16.2 Å². The summed E-state index contributed by atoms with van der Waals surface area (Å²) in [7, 11) is 0. The van der Waals surface area contributed by atoms with Gasteiger partial charge in [-0.3, -0.25) is 19.3 Å². The van der Waals surface area contributed by atoms with Crippen LogP contribution in [0.1, 0.15) is 51.2 Å². The third-order valence-corrected chi connectivity index (χ3v) is 7.86. The van der Waals surface area contributed by atoms with E-state index in [1.807, 2.05) is 36.1 Å². The van der Waals surface area contributed by atoms with Gasteiger partial charge in [-0.25, -0.2) is 0 Å². The quantitative estimate of drug-likeness (QED) is 0.653. The molecule has 0 bridgehead atoms. The number of benzene rings is 1. The van der Waals surface area contributed by atoms with E-state index in [0.29, 0.717) is 43.0 Å². The van der Waals surface area contributed by atoms with Crippen molar-refractivity contribution < 1.29 is 14.4 Å². The molecule has 3 amide bonds. The lowest BCUT2D eigenvalue weighted by atomic mass is 9.95. The van der Waals surface area contributed by atoms with Crippen molar-refractivity contribution in [2.24, 2.45) is 5.73 Å². The number of piperazine rings is 1. The first-order chi connectivity index (χ1) is 15.9. The molecule has 2 aliphatic rings. The maximum absolute atomic E-state index is 12.7. The van der Waals surface area contributed by atoms with Gasteiger partial charge in [0.15, 0.2) is 0 Å². The van der Waals surface area contributed by atoms with Gasteiger partial charge in [-0.05, 0) is 49.3 Å². The van der Waals surface area contributed by atoms with Gasteiger partial charge in [-0.15, -0.1) is 11.3 Å². The van der Waals surface area contributed by atoms with Crippen LogP contribution in [0.15, 0.2) is 24.3 Å². The van der Waals surface area contributed by atoms with Crippen molar-refractivity contribution in [1.29, 1.82) is 0 Å². The maximum atomic E-state index is 12.7. The number of carbonyl (C=O) groups excluding carboxylic acids is 3. The number of nitrogens with two attached hydrogens (primary N) is 1. The smallest absolute Gasteiger partial charge is 0.251 e. The Hall–Kier alpha value is -2.71. The van der Waals surface area contributed by atoms with Crippen molar-refractivity contribution in [3.63, 3.8) is 0 Å². The van der Waals surface area contributed by atoms with E-state index in [4.69, 9.17) is 5.73 Å². The van der Waals surface area contributed by atoms with Crippen molar-refractivity contribution in [2.75, 3.05) is 38.0 Å². The number of carbonyl (C=O) groups is 3. The molecule has 0 unspecified atom stereocenters. The van der Waals surface area contributed by atoms with Crippen LogP contribution in [0, 0.1) is 6.92 Å². The summed E-state index contributed by atoms with van der Waals surface area (Å²) in [6, 6.07) is 8.00. The van der Waals surface area contributed by atoms with E-state index >= 15 is 0 Å². The molecule has 4 rings (SSSR count). The topological polar surface area (TPSA) is 95.7 Å². The fraction of sp³-hybridized carbons (Fsp3) is 0.480. The first-order valence-corrected chi connectivity index (χ1v) is 12.5. The lowest BCUT2D eigenvalue weighted by Crippen LogP contribution is -2.49. The number of nitrogens with one attached hydrogen (secondary N) is 1. The van der Waals surface area contributed by atoms with Crippen LogP contribution in [0.5, 0.6) is 0 Å². The molecule has 33 heavy (non-hydrogen) atoms. The molecule has 176 valence electrons. The molecule has 2 heterocycles. The SMILES string of the molecule is Cc1ccccc1CC(=O)N1CCN(CCC(=O)Nc2sc3c(c2C(N)=O)CCCC3)CC1. The molecule has 1 fully saturated rings. The molecule has 1 aliphatic carbocycles. The molecule has 7 nitrogen and oxygen atoms in total. The first-order valence-electron chi connectivity index (χ1n) is 11.7. The van der Waals surface area contributed by atoms with E-state index in [2.05, 4.69) is 10.2 Å². The number of primary amides is 1. The number of aryl methyl sites for hydroxylation is 2. The summed E-state index contributed by atoms with van der Waals surface area (Å²) in [5.41, 5.74) is 9.37. The molecule has 0 atom stereocenters. The van der Waals surface area contributed by atoms with Gasteiger partial charge in [0, 0.05) is 44.0 Å². The predicted octanol–water partition coefficient (Wildman–Crippen LogP) is 2.75. The summed E-state index contributed by atoms with van der Waals surface area (Å²) in [6.07, 6.45) is 4.74. The first kappa shape index (κ1) is 23.4. The van der Waals surface area contributed by atoms with Crippen LogP contribution < -0.4 is 11.1 Å². The second-order valence-corrected chi connectivity index (χ2v) is 10.0. The fourth-order valence-electron chi connectivity index (χ4n) is 4.67. The molecule has 0 saturated carbocycles. The number of amides is 3. The highest BCUT2D eigenvalue weighted by atomic mass is 32.1. The Balaban J connectivity index is 1.24. The van der Waals surface area contributed by atoms with Crippen LogP contribution >= 0.6 is 11.3 Å². The molecule has 3 N–H and O–H groups in total.